The van der Waals surface area contributed by atoms with Crippen molar-refractivity contribution in [1.82, 2.24) is 14.5 Å². The molecule has 2 fully saturated rings. The monoisotopic (exact) mass is 444 g/mol. The Hall–Kier alpha value is -2.97. The van der Waals surface area contributed by atoms with Crippen molar-refractivity contribution in [3.8, 4) is 0 Å². The molecule has 172 valence electrons. The third kappa shape index (κ3) is 4.20. The summed E-state index contributed by atoms with van der Waals surface area (Å²) in [6.45, 7) is 1.48. The van der Waals surface area contributed by atoms with Crippen LogP contribution >= 0.6 is 0 Å². The third-order valence-electron chi connectivity index (χ3n) is 6.82. The molecule has 32 heavy (non-hydrogen) atoms. The van der Waals surface area contributed by atoms with Crippen molar-refractivity contribution in [2.45, 2.75) is 57.4 Å². The molecule has 1 N–H and O–H groups in total. The van der Waals surface area contributed by atoms with Gasteiger partial charge in [-0.1, -0.05) is 12.8 Å². The van der Waals surface area contributed by atoms with E-state index >= 15 is 4.39 Å². The Morgan fingerprint density at radius 1 is 1.09 bits per heavy atom. The number of hydrogen-bond donors (Lipinski definition) is 1. The summed E-state index contributed by atoms with van der Waals surface area (Å²) in [5, 5.41) is 2.27. The van der Waals surface area contributed by atoms with Crippen LogP contribution in [0.1, 0.15) is 57.4 Å². The molecule has 0 aliphatic carbocycles. The quantitative estimate of drug-likeness (QED) is 0.402. The predicted octanol–water partition coefficient (Wildman–Crippen LogP) is 2.43. The van der Waals surface area contributed by atoms with E-state index in [4.69, 9.17) is 0 Å². The molecule has 9 heteroatoms. The van der Waals surface area contributed by atoms with E-state index in [0.717, 1.165) is 51.5 Å². The molecule has 2 aromatic rings. The molecule has 1 atom stereocenters. The highest BCUT2D eigenvalue weighted by molar-refractivity contribution is 6.00. The van der Waals surface area contributed by atoms with Crippen LogP contribution in [-0.2, 0) is 21.4 Å². The van der Waals surface area contributed by atoms with Gasteiger partial charge in [0, 0.05) is 39.0 Å². The first-order valence-electron chi connectivity index (χ1n) is 11.3. The summed E-state index contributed by atoms with van der Waals surface area (Å²) < 4.78 is 17.9. The summed E-state index contributed by atoms with van der Waals surface area (Å²) in [4.78, 5) is 49.2. The molecule has 0 radical (unpaired) electrons. The Labute approximate surface area is 185 Å². The number of aromatic nitrogens is 2. The van der Waals surface area contributed by atoms with Gasteiger partial charge in [-0.05, 0) is 37.7 Å². The number of halogens is 1. The Kier molecular flexibility index (Phi) is 6.43. The van der Waals surface area contributed by atoms with E-state index in [1.807, 2.05) is 4.90 Å². The van der Waals surface area contributed by atoms with Gasteiger partial charge >= 0.3 is 5.69 Å². The van der Waals surface area contributed by atoms with Gasteiger partial charge in [0.1, 0.15) is 18.1 Å². The largest absolute Gasteiger partial charge is 0.369 e. The number of carbonyl (C=O) groups excluding carboxylic acids is 3. The number of hydrogen-bond acceptors (Lipinski definition) is 5. The van der Waals surface area contributed by atoms with E-state index in [-0.39, 0.29) is 18.7 Å². The zero-order chi connectivity index (χ0) is 22.8. The molecule has 2 saturated heterocycles. The van der Waals surface area contributed by atoms with Crippen LogP contribution in [0, 0.1) is 11.7 Å². The van der Waals surface area contributed by atoms with Gasteiger partial charge in [0.2, 0.25) is 11.8 Å². The second-order valence-electron chi connectivity index (χ2n) is 8.85. The number of benzene rings is 1. The lowest BCUT2D eigenvalue weighted by atomic mass is 9.91. The maximum atomic E-state index is 15.2. The van der Waals surface area contributed by atoms with E-state index in [1.165, 1.54) is 15.2 Å². The molecule has 0 bridgehead atoms. The van der Waals surface area contributed by atoms with Gasteiger partial charge < -0.3 is 9.69 Å². The van der Waals surface area contributed by atoms with Crippen molar-refractivity contribution in [1.29, 1.82) is 0 Å². The van der Waals surface area contributed by atoms with Crippen molar-refractivity contribution < 1.29 is 18.8 Å². The lowest BCUT2D eigenvalue weighted by molar-refractivity contribution is -0.135. The van der Waals surface area contributed by atoms with Gasteiger partial charge in [-0.2, -0.15) is 0 Å². The van der Waals surface area contributed by atoms with Gasteiger partial charge in [0.15, 0.2) is 0 Å². The average molecular weight is 445 g/mol. The fraction of sp³-hybridized carbons (Fsp3) is 0.565. The van der Waals surface area contributed by atoms with E-state index in [2.05, 4.69) is 5.32 Å². The zero-order valence-electron chi connectivity index (χ0n) is 18.3. The Balaban J connectivity index is 1.56. The molecule has 2 amide bonds. The van der Waals surface area contributed by atoms with Crippen LogP contribution in [0.25, 0.3) is 11.0 Å². The summed E-state index contributed by atoms with van der Waals surface area (Å²) in [6.07, 6.45) is 6.92. The minimum Gasteiger partial charge on any atom is -0.369 e. The van der Waals surface area contributed by atoms with Crippen LogP contribution < -0.4 is 15.9 Å². The number of imide groups is 1. The molecule has 2 aliphatic heterocycles. The van der Waals surface area contributed by atoms with Crippen LogP contribution in [0.15, 0.2) is 16.9 Å². The number of rotatable bonds is 7. The van der Waals surface area contributed by atoms with Crippen molar-refractivity contribution in [2.24, 2.45) is 13.0 Å². The predicted molar refractivity (Wildman–Crippen MR) is 118 cm³/mol. The maximum Gasteiger partial charge on any atom is 0.329 e. The molecule has 2 aliphatic rings. The van der Waals surface area contributed by atoms with E-state index in [9.17, 15) is 19.2 Å². The molecule has 3 heterocycles. The van der Waals surface area contributed by atoms with Gasteiger partial charge in [0.25, 0.3) is 0 Å². The number of nitrogens with one attached hydrogen (secondary N) is 1. The Morgan fingerprint density at radius 3 is 2.53 bits per heavy atom. The number of unbranched alkanes of at least 4 members (excludes halogenated alkanes) is 2. The first-order valence-corrected chi connectivity index (χ1v) is 11.3. The average Bonchev–Trinajstić information content (AvgIpc) is 3.01. The number of piperidine rings is 2. The molecule has 1 aromatic carbocycles. The molecule has 4 rings (SSSR count). The van der Waals surface area contributed by atoms with Crippen LogP contribution in [0.4, 0.5) is 10.1 Å². The normalized spacial score (nSPS) is 20.1. The Bertz CT molecular complexity index is 1100. The molecule has 8 nitrogen and oxygen atoms in total. The van der Waals surface area contributed by atoms with Gasteiger partial charge in [-0.25, -0.2) is 9.18 Å². The van der Waals surface area contributed by atoms with E-state index in [0.29, 0.717) is 29.1 Å². The summed E-state index contributed by atoms with van der Waals surface area (Å²) in [6, 6.07) is 2.20. The first kappa shape index (κ1) is 22.2. The van der Waals surface area contributed by atoms with Crippen molar-refractivity contribution in [2.75, 3.05) is 18.0 Å². The zero-order valence-corrected chi connectivity index (χ0v) is 18.3. The maximum absolute atomic E-state index is 15.2. The minimum atomic E-state index is -0.830. The number of anilines is 1. The van der Waals surface area contributed by atoms with Gasteiger partial charge in [0.05, 0.1) is 16.7 Å². The van der Waals surface area contributed by atoms with E-state index < -0.39 is 23.5 Å². The first-order chi connectivity index (χ1) is 15.4. The lowest BCUT2D eigenvalue weighted by Crippen LogP contribution is -2.44. The molecule has 0 saturated carbocycles. The topological polar surface area (TPSA) is 93.4 Å². The number of carbonyl (C=O) groups is 3. The number of nitrogens with zero attached hydrogens (tertiary/aromatic N) is 3. The fourth-order valence-electron chi connectivity index (χ4n) is 4.96. The van der Waals surface area contributed by atoms with Crippen molar-refractivity contribution in [3.05, 3.63) is 28.4 Å². The van der Waals surface area contributed by atoms with Crippen LogP contribution in [0.5, 0.6) is 0 Å². The van der Waals surface area contributed by atoms with Gasteiger partial charge in [-0.3, -0.25) is 24.0 Å². The summed E-state index contributed by atoms with van der Waals surface area (Å²) in [7, 11) is 1.61. The second-order valence-corrected chi connectivity index (χ2v) is 8.85. The number of imidazole rings is 1. The summed E-state index contributed by atoms with van der Waals surface area (Å²) in [5.74, 6) is -0.730. The number of aryl methyl sites for hydroxylation is 1. The van der Waals surface area contributed by atoms with Crippen molar-refractivity contribution >= 4 is 34.8 Å². The lowest BCUT2D eigenvalue weighted by Gasteiger charge is -2.34. The Morgan fingerprint density at radius 2 is 1.84 bits per heavy atom. The smallest absolute Gasteiger partial charge is 0.329 e. The van der Waals surface area contributed by atoms with Crippen LogP contribution in [-0.4, -0.2) is 40.3 Å². The van der Waals surface area contributed by atoms with Crippen LogP contribution in [0.3, 0.4) is 0 Å². The van der Waals surface area contributed by atoms with E-state index in [1.54, 1.807) is 13.1 Å². The molecule has 1 unspecified atom stereocenters. The molecular formula is C23H29FN4O4. The highest BCUT2D eigenvalue weighted by atomic mass is 19.1. The number of fused-ring (bicyclic) bond motifs is 1. The standard InChI is InChI=1S/C23H29FN4O4/c1-26-19-14-18(27-10-8-15(9-11-27)5-3-2-4-12-29)16(24)13-20(19)28(23(26)32)17-6-7-21(30)25-22(17)31/h12-15,17H,2-11H2,1H3,(H,25,30,31). The summed E-state index contributed by atoms with van der Waals surface area (Å²) in [5.41, 5.74) is 0.985. The number of amides is 2. The van der Waals surface area contributed by atoms with Gasteiger partial charge in [-0.15, -0.1) is 0 Å². The van der Waals surface area contributed by atoms with Crippen LogP contribution in [0.2, 0.25) is 0 Å². The number of aldehydes is 1. The minimum absolute atomic E-state index is 0.143. The fourth-order valence-corrected chi connectivity index (χ4v) is 4.96. The highest BCUT2D eigenvalue weighted by Gasteiger charge is 2.32. The molecular weight excluding hydrogens is 415 g/mol. The molecule has 0 spiro atoms. The molecule has 1 aromatic heterocycles. The van der Waals surface area contributed by atoms with Crippen molar-refractivity contribution in [3.63, 3.8) is 0 Å². The third-order valence-corrected chi connectivity index (χ3v) is 6.82. The second kappa shape index (κ2) is 9.26. The summed E-state index contributed by atoms with van der Waals surface area (Å²) >= 11 is 0. The SMILES string of the molecule is Cn1c(=O)n(C2CCC(=O)NC2=O)c2cc(F)c(N3CCC(CCCCC=O)CC3)cc21. The highest BCUT2D eigenvalue weighted by Crippen LogP contribution is 2.32.